The summed E-state index contributed by atoms with van der Waals surface area (Å²) in [4.78, 5) is 20.6. The van der Waals surface area contributed by atoms with Crippen LogP contribution >= 0.6 is 0 Å². The zero-order valence-corrected chi connectivity index (χ0v) is 13.1. The lowest BCUT2D eigenvalue weighted by Crippen LogP contribution is -2.27. The normalized spacial score (nSPS) is 11.1. The Morgan fingerprint density at radius 3 is 2.62 bits per heavy atom. The van der Waals surface area contributed by atoms with Gasteiger partial charge in [-0.05, 0) is 47.2 Å². The molecule has 1 heterocycles. The zero-order chi connectivity index (χ0) is 16.0. The summed E-state index contributed by atoms with van der Waals surface area (Å²) in [5.74, 6) is 0.238. The van der Waals surface area contributed by atoms with Crippen molar-refractivity contribution in [2.75, 3.05) is 31.2 Å². The molecule has 0 radical (unpaired) electrons. The SMILES string of the molecule is Cc1nc(N)nc(NCCCCN(C)C(C)C)c1[N+](=O)[O-]. The number of rotatable bonds is 8. The second kappa shape index (κ2) is 7.72. The average molecular weight is 296 g/mol. The molecule has 0 bridgehead atoms. The zero-order valence-electron chi connectivity index (χ0n) is 13.1. The lowest BCUT2D eigenvalue weighted by Gasteiger charge is -2.20. The van der Waals surface area contributed by atoms with Gasteiger partial charge in [-0.2, -0.15) is 4.98 Å². The molecule has 0 fully saturated rings. The molecule has 0 aliphatic heterocycles. The number of nitrogens with zero attached hydrogens (tertiary/aromatic N) is 4. The second-order valence-electron chi connectivity index (χ2n) is 5.33. The number of hydrogen-bond acceptors (Lipinski definition) is 7. The molecule has 118 valence electrons. The maximum Gasteiger partial charge on any atom is 0.332 e. The van der Waals surface area contributed by atoms with Crippen LogP contribution in [-0.4, -0.2) is 46.0 Å². The van der Waals surface area contributed by atoms with E-state index in [2.05, 4.69) is 41.1 Å². The molecule has 1 aromatic rings. The standard InChI is InChI=1S/C13H24N6O2/c1-9(2)18(4)8-6-5-7-15-12-11(19(20)21)10(3)16-13(14)17-12/h9H,5-8H2,1-4H3,(H3,14,15,16,17). The molecule has 0 saturated heterocycles. The van der Waals surface area contributed by atoms with Gasteiger partial charge in [0.25, 0.3) is 0 Å². The van der Waals surface area contributed by atoms with Crippen molar-refractivity contribution in [3.63, 3.8) is 0 Å². The van der Waals surface area contributed by atoms with Gasteiger partial charge in [0.05, 0.1) is 4.92 Å². The number of nitrogens with one attached hydrogen (secondary N) is 1. The Hall–Kier alpha value is -1.96. The van der Waals surface area contributed by atoms with E-state index >= 15 is 0 Å². The first-order valence-electron chi connectivity index (χ1n) is 7.05. The number of nitrogens with two attached hydrogens (primary N) is 1. The van der Waals surface area contributed by atoms with E-state index in [0.717, 1.165) is 19.4 Å². The van der Waals surface area contributed by atoms with Gasteiger partial charge in [0.1, 0.15) is 5.69 Å². The Labute approximate surface area is 124 Å². The highest BCUT2D eigenvalue weighted by molar-refractivity contribution is 5.60. The molecule has 0 amide bonds. The molecule has 0 spiro atoms. The third kappa shape index (κ3) is 5.14. The molecule has 21 heavy (non-hydrogen) atoms. The number of aryl methyl sites for hydroxylation is 1. The van der Waals surface area contributed by atoms with Gasteiger partial charge >= 0.3 is 5.69 Å². The second-order valence-corrected chi connectivity index (χ2v) is 5.33. The van der Waals surface area contributed by atoms with Crippen molar-refractivity contribution in [2.24, 2.45) is 0 Å². The fourth-order valence-corrected chi connectivity index (χ4v) is 1.88. The van der Waals surface area contributed by atoms with Crippen LogP contribution in [-0.2, 0) is 0 Å². The minimum absolute atomic E-state index is 0.0418. The Morgan fingerprint density at radius 1 is 1.38 bits per heavy atom. The van der Waals surface area contributed by atoms with Gasteiger partial charge in [-0.15, -0.1) is 0 Å². The first kappa shape index (κ1) is 17.1. The predicted molar refractivity (Wildman–Crippen MR) is 83.3 cm³/mol. The summed E-state index contributed by atoms with van der Waals surface area (Å²) >= 11 is 0. The Balaban J connectivity index is 2.54. The summed E-state index contributed by atoms with van der Waals surface area (Å²) in [6.45, 7) is 7.45. The highest BCUT2D eigenvalue weighted by Gasteiger charge is 2.20. The van der Waals surface area contributed by atoms with Crippen molar-refractivity contribution in [3.05, 3.63) is 15.8 Å². The van der Waals surface area contributed by atoms with E-state index in [4.69, 9.17) is 5.73 Å². The maximum absolute atomic E-state index is 11.0. The molecular formula is C13H24N6O2. The average Bonchev–Trinajstić information content (AvgIpc) is 2.36. The number of hydrogen-bond donors (Lipinski definition) is 2. The smallest absolute Gasteiger partial charge is 0.332 e. The van der Waals surface area contributed by atoms with Crippen LogP contribution < -0.4 is 11.1 Å². The third-order valence-electron chi connectivity index (χ3n) is 3.37. The predicted octanol–water partition coefficient (Wildman–Crippen LogP) is 1.81. The highest BCUT2D eigenvalue weighted by Crippen LogP contribution is 2.25. The van der Waals surface area contributed by atoms with Crippen molar-refractivity contribution >= 4 is 17.5 Å². The Morgan fingerprint density at radius 2 is 2.05 bits per heavy atom. The molecule has 0 unspecified atom stereocenters. The van der Waals surface area contributed by atoms with Gasteiger partial charge in [0, 0.05) is 12.6 Å². The monoisotopic (exact) mass is 296 g/mol. The molecule has 0 atom stereocenters. The van der Waals surface area contributed by atoms with Crippen LogP contribution in [0.2, 0.25) is 0 Å². The molecule has 0 aliphatic rings. The van der Waals surface area contributed by atoms with Crippen molar-refractivity contribution in [1.82, 2.24) is 14.9 Å². The lowest BCUT2D eigenvalue weighted by molar-refractivity contribution is -0.385. The molecule has 0 saturated carbocycles. The number of anilines is 2. The van der Waals surface area contributed by atoms with Gasteiger partial charge < -0.3 is 16.0 Å². The fourth-order valence-electron chi connectivity index (χ4n) is 1.88. The number of unbranched alkanes of at least 4 members (excludes halogenated alkanes) is 1. The van der Waals surface area contributed by atoms with Crippen LogP contribution in [0.15, 0.2) is 0 Å². The van der Waals surface area contributed by atoms with Crippen LogP contribution in [0, 0.1) is 17.0 Å². The van der Waals surface area contributed by atoms with Gasteiger partial charge in [0.2, 0.25) is 11.8 Å². The van der Waals surface area contributed by atoms with E-state index in [-0.39, 0.29) is 23.1 Å². The molecule has 0 aliphatic carbocycles. The lowest BCUT2D eigenvalue weighted by atomic mass is 10.2. The van der Waals surface area contributed by atoms with Crippen molar-refractivity contribution < 1.29 is 4.92 Å². The fraction of sp³-hybridized carbons (Fsp3) is 0.692. The van der Waals surface area contributed by atoms with Crippen molar-refractivity contribution in [2.45, 2.75) is 39.7 Å². The van der Waals surface area contributed by atoms with Crippen molar-refractivity contribution in [1.29, 1.82) is 0 Å². The van der Waals surface area contributed by atoms with E-state index in [1.807, 2.05) is 0 Å². The number of nitro groups is 1. The van der Waals surface area contributed by atoms with Crippen LogP contribution in [0.5, 0.6) is 0 Å². The Bertz CT molecular complexity index is 492. The highest BCUT2D eigenvalue weighted by atomic mass is 16.6. The van der Waals surface area contributed by atoms with E-state index in [1.54, 1.807) is 6.92 Å². The minimum atomic E-state index is -0.482. The summed E-state index contributed by atoms with van der Waals surface area (Å²) in [5.41, 5.74) is 5.71. The van der Waals surface area contributed by atoms with Crippen LogP contribution in [0.25, 0.3) is 0 Å². The maximum atomic E-state index is 11.0. The molecule has 0 aromatic carbocycles. The van der Waals surface area contributed by atoms with Gasteiger partial charge in [-0.1, -0.05) is 0 Å². The first-order valence-corrected chi connectivity index (χ1v) is 7.05. The van der Waals surface area contributed by atoms with Gasteiger partial charge in [-0.3, -0.25) is 10.1 Å². The topological polar surface area (TPSA) is 110 Å². The molecule has 3 N–H and O–H groups in total. The van der Waals surface area contributed by atoms with E-state index in [1.165, 1.54) is 0 Å². The first-order chi connectivity index (χ1) is 9.82. The van der Waals surface area contributed by atoms with Gasteiger partial charge in [-0.25, -0.2) is 4.98 Å². The quantitative estimate of drug-likeness (QED) is 0.427. The van der Waals surface area contributed by atoms with E-state index in [9.17, 15) is 10.1 Å². The summed E-state index contributed by atoms with van der Waals surface area (Å²) in [7, 11) is 2.08. The number of nitrogen functional groups attached to an aromatic ring is 1. The van der Waals surface area contributed by atoms with Crippen LogP contribution in [0.4, 0.5) is 17.5 Å². The molecular weight excluding hydrogens is 272 g/mol. The summed E-state index contributed by atoms with van der Waals surface area (Å²) in [6.07, 6.45) is 1.91. The van der Waals surface area contributed by atoms with Crippen LogP contribution in [0.1, 0.15) is 32.4 Å². The summed E-state index contributed by atoms with van der Waals surface area (Å²) in [5, 5.41) is 14.0. The van der Waals surface area contributed by atoms with Crippen molar-refractivity contribution in [3.8, 4) is 0 Å². The van der Waals surface area contributed by atoms with E-state index in [0.29, 0.717) is 12.6 Å². The number of aromatic nitrogens is 2. The summed E-state index contributed by atoms with van der Waals surface area (Å²) < 4.78 is 0. The largest absolute Gasteiger partial charge is 0.368 e. The van der Waals surface area contributed by atoms with Crippen LogP contribution in [0.3, 0.4) is 0 Å². The third-order valence-corrected chi connectivity index (χ3v) is 3.37. The molecule has 1 aromatic heterocycles. The Kier molecular flexibility index (Phi) is 6.29. The summed E-state index contributed by atoms with van der Waals surface area (Å²) in [6, 6.07) is 0.517. The van der Waals surface area contributed by atoms with E-state index < -0.39 is 4.92 Å². The van der Waals surface area contributed by atoms with Gasteiger partial charge in [0.15, 0.2) is 0 Å². The molecule has 1 rings (SSSR count). The molecule has 8 heteroatoms. The minimum Gasteiger partial charge on any atom is -0.368 e. The molecule has 8 nitrogen and oxygen atoms in total.